The van der Waals surface area contributed by atoms with Gasteiger partial charge in [-0.15, -0.1) is 0 Å². The van der Waals surface area contributed by atoms with Gasteiger partial charge in [-0.3, -0.25) is 4.79 Å². The van der Waals surface area contributed by atoms with Gasteiger partial charge in [-0.05, 0) is 37.5 Å². The van der Waals surface area contributed by atoms with Crippen molar-refractivity contribution in [3.8, 4) is 5.75 Å². The quantitative estimate of drug-likeness (QED) is 0.826. The predicted molar refractivity (Wildman–Crippen MR) is 75.0 cm³/mol. The molecular formula is C15H19NO5. The number of carbonyl (C=O) groups is 2. The fraction of sp³-hybridized carbons (Fsp3) is 0.467. The molecule has 0 aromatic heterocycles. The van der Waals surface area contributed by atoms with Gasteiger partial charge in [0.25, 0.3) is 0 Å². The zero-order chi connectivity index (χ0) is 15.2. The highest BCUT2D eigenvalue weighted by Crippen LogP contribution is 2.20. The molecule has 0 unspecified atom stereocenters. The van der Waals surface area contributed by atoms with Gasteiger partial charge in [-0.25, -0.2) is 4.79 Å². The van der Waals surface area contributed by atoms with Crippen molar-refractivity contribution >= 4 is 11.9 Å². The highest BCUT2D eigenvalue weighted by molar-refractivity contribution is 5.82. The topological polar surface area (TPSA) is 84.9 Å². The van der Waals surface area contributed by atoms with Gasteiger partial charge < -0.3 is 19.9 Å². The maximum absolute atomic E-state index is 11.9. The minimum absolute atomic E-state index is 0.277. The number of hydrogen-bond acceptors (Lipinski definition) is 4. The van der Waals surface area contributed by atoms with Gasteiger partial charge in [-0.2, -0.15) is 0 Å². The Bertz CT molecular complexity index is 517. The number of amides is 1. The molecule has 0 aliphatic carbocycles. The summed E-state index contributed by atoms with van der Waals surface area (Å²) in [7, 11) is 0. The second kappa shape index (κ2) is 7.08. The van der Waals surface area contributed by atoms with Gasteiger partial charge in [0, 0.05) is 6.54 Å². The summed E-state index contributed by atoms with van der Waals surface area (Å²) in [5, 5.41) is 11.6. The lowest BCUT2D eigenvalue weighted by Crippen LogP contribution is -2.35. The molecule has 2 rings (SSSR count). The van der Waals surface area contributed by atoms with Crippen LogP contribution in [0, 0.1) is 0 Å². The highest BCUT2D eigenvalue weighted by Gasteiger charge is 2.34. The monoisotopic (exact) mass is 293 g/mol. The number of aliphatic carboxylic acids is 1. The van der Waals surface area contributed by atoms with E-state index in [1.165, 1.54) is 0 Å². The van der Waals surface area contributed by atoms with E-state index >= 15 is 0 Å². The summed E-state index contributed by atoms with van der Waals surface area (Å²) in [4.78, 5) is 22.7. The van der Waals surface area contributed by atoms with Crippen LogP contribution in [0.4, 0.5) is 0 Å². The van der Waals surface area contributed by atoms with Crippen LogP contribution < -0.4 is 10.1 Å². The molecule has 6 nitrogen and oxygen atoms in total. The third-order valence-electron chi connectivity index (χ3n) is 3.26. The standard InChI is InChI=1S/C15H19NO5/c1-2-20-11-5-3-4-10(8-11)9-16-14(17)12-6-7-13(21-12)15(18)19/h3-5,8,12-13H,2,6-7,9H2,1H3,(H,16,17)(H,18,19)/t12-,13+/m0/s1. The Balaban J connectivity index is 1.84. The van der Waals surface area contributed by atoms with Crippen LogP contribution in [0.2, 0.25) is 0 Å². The molecule has 1 aliphatic heterocycles. The van der Waals surface area contributed by atoms with Crippen LogP contribution in [0.3, 0.4) is 0 Å². The first-order valence-electron chi connectivity index (χ1n) is 6.98. The van der Waals surface area contributed by atoms with Crippen LogP contribution in [0.5, 0.6) is 5.75 Å². The Kier molecular flexibility index (Phi) is 5.16. The summed E-state index contributed by atoms with van der Waals surface area (Å²) in [5.74, 6) is -0.539. The Labute approximate surface area is 123 Å². The zero-order valence-corrected chi connectivity index (χ0v) is 11.9. The molecule has 2 atom stereocenters. The Morgan fingerprint density at radius 1 is 1.38 bits per heavy atom. The van der Waals surface area contributed by atoms with Crippen LogP contribution in [0.1, 0.15) is 25.3 Å². The molecule has 1 aromatic rings. The lowest BCUT2D eigenvalue weighted by Gasteiger charge is -2.12. The molecule has 21 heavy (non-hydrogen) atoms. The van der Waals surface area contributed by atoms with E-state index in [4.69, 9.17) is 14.6 Å². The summed E-state index contributed by atoms with van der Waals surface area (Å²) < 4.78 is 10.6. The molecule has 0 saturated carbocycles. The smallest absolute Gasteiger partial charge is 0.332 e. The van der Waals surface area contributed by atoms with E-state index in [-0.39, 0.29) is 5.91 Å². The molecule has 1 aliphatic rings. The number of ether oxygens (including phenoxy) is 2. The van der Waals surface area contributed by atoms with Crippen molar-refractivity contribution < 1.29 is 24.2 Å². The van der Waals surface area contributed by atoms with Gasteiger partial charge in [0.05, 0.1) is 6.61 Å². The largest absolute Gasteiger partial charge is 0.494 e. The lowest BCUT2D eigenvalue weighted by molar-refractivity contribution is -0.151. The van der Waals surface area contributed by atoms with Crippen molar-refractivity contribution in [2.75, 3.05) is 6.61 Å². The van der Waals surface area contributed by atoms with E-state index in [1.54, 1.807) is 0 Å². The van der Waals surface area contributed by atoms with Gasteiger partial charge in [0.2, 0.25) is 5.91 Å². The van der Waals surface area contributed by atoms with E-state index in [1.807, 2.05) is 31.2 Å². The number of carbonyl (C=O) groups excluding carboxylic acids is 1. The summed E-state index contributed by atoms with van der Waals surface area (Å²) >= 11 is 0. The van der Waals surface area contributed by atoms with Crippen LogP contribution in [-0.4, -0.2) is 35.8 Å². The lowest BCUT2D eigenvalue weighted by atomic mass is 10.1. The fourth-order valence-electron chi connectivity index (χ4n) is 2.23. The van der Waals surface area contributed by atoms with Crippen molar-refractivity contribution in [1.82, 2.24) is 5.32 Å². The Hall–Kier alpha value is -2.08. The normalized spacial score (nSPS) is 21.0. The van der Waals surface area contributed by atoms with Crippen LogP contribution in [-0.2, 0) is 20.9 Å². The van der Waals surface area contributed by atoms with Crippen LogP contribution in [0.25, 0.3) is 0 Å². The maximum Gasteiger partial charge on any atom is 0.332 e. The number of rotatable bonds is 6. The molecule has 0 bridgehead atoms. The first-order chi connectivity index (χ1) is 10.1. The number of hydrogen-bond donors (Lipinski definition) is 2. The zero-order valence-electron chi connectivity index (χ0n) is 11.9. The van der Waals surface area contributed by atoms with Gasteiger partial charge >= 0.3 is 5.97 Å². The average molecular weight is 293 g/mol. The predicted octanol–water partition coefficient (Wildman–Crippen LogP) is 1.33. The van der Waals surface area contributed by atoms with Gasteiger partial charge in [0.15, 0.2) is 6.10 Å². The molecule has 2 N–H and O–H groups in total. The van der Waals surface area contributed by atoms with Crippen LogP contribution >= 0.6 is 0 Å². The molecule has 0 radical (unpaired) electrons. The Morgan fingerprint density at radius 2 is 2.14 bits per heavy atom. The minimum atomic E-state index is -1.02. The molecular weight excluding hydrogens is 274 g/mol. The minimum Gasteiger partial charge on any atom is -0.494 e. The van der Waals surface area contributed by atoms with Gasteiger partial charge in [0.1, 0.15) is 11.9 Å². The second-order valence-corrected chi connectivity index (χ2v) is 4.83. The van der Waals surface area contributed by atoms with E-state index in [9.17, 15) is 9.59 Å². The molecule has 1 saturated heterocycles. The van der Waals surface area contributed by atoms with Crippen LogP contribution in [0.15, 0.2) is 24.3 Å². The van der Waals surface area contributed by atoms with Crippen molar-refractivity contribution in [2.45, 2.75) is 38.5 Å². The molecule has 1 aromatic carbocycles. The number of nitrogens with one attached hydrogen (secondary N) is 1. The highest BCUT2D eigenvalue weighted by atomic mass is 16.5. The average Bonchev–Trinajstić information content (AvgIpc) is 2.96. The molecule has 6 heteroatoms. The van der Waals surface area contributed by atoms with Crippen molar-refractivity contribution in [3.05, 3.63) is 29.8 Å². The summed E-state index contributed by atoms with van der Waals surface area (Å²) in [5.41, 5.74) is 0.919. The van der Waals surface area contributed by atoms with E-state index < -0.39 is 18.2 Å². The molecule has 1 heterocycles. The third-order valence-corrected chi connectivity index (χ3v) is 3.26. The fourth-order valence-corrected chi connectivity index (χ4v) is 2.23. The first-order valence-corrected chi connectivity index (χ1v) is 6.98. The second-order valence-electron chi connectivity index (χ2n) is 4.83. The molecule has 0 spiro atoms. The first kappa shape index (κ1) is 15.3. The number of carboxylic acid groups (broad SMARTS) is 1. The van der Waals surface area contributed by atoms with E-state index in [2.05, 4.69) is 5.32 Å². The third kappa shape index (κ3) is 4.19. The summed E-state index contributed by atoms with van der Waals surface area (Å²) in [6, 6.07) is 7.46. The molecule has 114 valence electrons. The number of benzene rings is 1. The van der Waals surface area contributed by atoms with Crippen molar-refractivity contribution in [1.29, 1.82) is 0 Å². The molecule has 1 fully saturated rings. The Morgan fingerprint density at radius 3 is 2.81 bits per heavy atom. The van der Waals surface area contributed by atoms with Crippen molar-refractivity contribution in [2.24, 2.45) is 0 Å². The number of carboxylic acids is 1. The summed E-state index contributed by atoms with van der Waals surface area (Å²) in [6.45, 7) is 2.85. The summed E-state index contributed by atoms with van der Waals surface area (Å²) in [6.07, 6.45) is -0.752. The van der Waals surface area contributed by atoms with E-state index in [0.717, 1.165) is 11.3 Å². The van der Waals surface area contributed by atoms with E-state index in [0.29, 0.717) is 26.0 Å². The molecule has 1 amide bonds. The maximum atomic E-state index is 11.9. The van der Waals surface area contributed by atoms with Crippen molar-refractivity contribution in [3.63, 3.8) is 0 Å². The van der Waals surface area contributed by atoms with Gasteiger partial charge in [-0.1, -0.05) is 12.1 Å². The SMILES string of the molecule is CCOc1cccc(CNC(=O)[C@@H]2CC[C@H](C(=O)O)O2)c1.